The molecule has 2 nitrogen and oxygen atoms in total. The van der Waals surface area contributed by atoms with Crippen molar-refractivity contribution in [2.75, 3.05) is 7.11 Å². The minimum Gasteiger partial charge on any atom is -0.496 e. The van der Waals surface area contributed by atoms with Crippen LogP contribution in [0.4, 0.5) is 0 Å². The van der Waals surface area contributed by atoms with Crippen LogP contribution in [-0.4, -0.2) is 7.11 Å². The Bertz CT molecular complexity index is 333. The van der Waals surface area contributed by atoms with Crippen molar-refractivity contribution < 1.29 is 4.74 Å². The molecule has 2 heteroatoms. The van der Waals surface area contributed by atoms with Crippen molar-refractivity contribution in [3.05, 3.63) is 28.8 Å². The standard InChI is InChI=1S/C11H15NO/c1-7-3-6-10(13-2)8-4-5-9(12)11(7)8/h3,6,9H,4-5,12H2,1-2H3/t9-/m1/s1. The van der Waals surface area contributed by atoms with Gasteiger partial charge in [0.25, 0.3) is 0 Å². The number of hydrogen-bond acceptors (Lipinski definition) is 2. The van der Waals surface area contributed by atoms with Crippen LogP contribution in [0.3, 0.4) is 0 Å². The van der Waals surface area contributed by atoms with Crippen molar-refractivity contribution in [3.63, 3.8) is 0 Å². The van der Waals surface area contributed by atoms with Crippen LogP contribution < -0.4 is 10.5 Å². The highest BCUT2D eigenvalue weighted by atomic mass is 16.5. The Morgan fingerprint density at radius 1 is 1.46 bits per heavy atom. The zero-order valence-electron chi connectivity index (χ0n) is 8.13. The molecule has 1 aromatic carbocycles. The molecular formula is C11H15NO. The van der Waals surface area contributed by atoms with E-state index >= 15 is 0 Å². The number of hydrogen-bond donors (Lipinski definition) is 1. The summed E-state index contributed by atoms with van der Waals surface area (Å²) in [5.41, 5.74) is 9.93. The lowest BCUT2D eigenvalue weighted by molar-refractivity contribution is 0.410. The highest BCUT2D eigenvalue weighted by molar-refractivity contribution is 5.49. The smallest absolute Gasteiger partial charge is 0.122 e. The summed E-state index contributed by atoms with van der Waals surface area (Å²) in [5.74, 6) is 0.994. The number of methoxy groups -OCH3 is 1. The van der Waals surface area contributed by atoms with E-state index in [1.807, 2.05) is 6.07 Å². The van der Waals surface area contributed by atoms with Gasteiger partial charge in [-0.25, -0.2) is 0 Å². The molecule has 0 heterocycles. The Balaban J connectivity index is 2.59. The molecule has 0 bridgehead atoms. The fraction of sp³-hybridized carbons (Fsp3) is 0.455. The normalized spacial score (nSPS) is 20.1. The molecule has 1 atom stereocenters. The van der Waals surface area contributed by atoms with Crippen LogP contribution in [0.2, 0.25) is 0 Å². The van der Waals surface area contributed by atoms with E-state index in [0.717, 1.165) is 18.6 Å². The minimum atomic E-state index is 0.213. The third kappa shape index (κ3) is 1.22. The quantitative estimate of drug-likeness (QED) is 0.711. The average Bonchev–Trinajstić information content (AvgIpc) is 2.50. The molecule has 2 N–H and O–H groups in total. The van der Waals surface area contributed by atoms with E-state index in [2.05, 4.69) is 13.0 Å². The lowest BCUT2D eigenvalue weighted by atomic mass is 10.0. The van der Waals surface area contributed by atoms with Gasteiger partial charge >= 0.3 is 0 Å². The molecule has 0 unspecified atom stereocenters. The van der Waals surface area contributed by atoms with Gasteiger partial charge < -0.3 is 10.5 Å². The number of benzene rings is 1. The summed E-state index contributed by atoms with van der Waals surface area (Å²) >= 11 is 0. The average molecular weight is 177 g/mol. The third-order valence-electron chi connectivity index (χ3n) is 2.83. The third-order valence-corrected chi connectivity index (χ3v) is 2.83. The molecule has 0 amide bonds. The minimum absolute atomic E-state index is 0.213. The fourth-order valence-corrected chi connectivity index (χ4v) is 2.17. The fourth-order valence-electron chi connectivity index (χ4n) is 2.17. The van der Waals surface area contributed by atoms with Crippen LogP contribution in [0.1, 0.15) is 29.2 Å². The van der Waals surface area contributed by atoms with Gasteiger partial charge in [-0.05, 0) is 42.5 Å². The van der Waals surface area contributed by atoms with E-state index < -0.39 is 0 Å². The Morgan fingerprint density at radius 3 is 2.92 bits per heavy atom. The molecule has 0 fully saturated rings. The highest BCUT2D eigenvalue weighted by Crippen LogP contribution is 2.37. The van der Waals surface area contributed by atoms with Crippen LogP contribution in [0, 0.1) is 6.92 Å². The van der Waals surface area contributed by atoms with Crippen molar-refractivity contribution in [3.8, 4) is 5.75 Å². The van der Waals surface area contributed by atoms with Crippen molar-refractivity contribution in [1.29, 1.82) is 0 Å². The van der Waals surface area contributed by atoms with Crippen LogP contribution >= 0.6 is 0 Å². The highest BCUT2D eigenvalue weighted by Gasteiger charge is 2.23. The zero-order valence-corrected chi connectivity index (χ0v) is 8.13. The van der Waals surface area contributed by atoms with Crippen LogP contribution in [0.15, 0.2) is 12.1 Å². The van der Waals surface area contributed by atoms with E-state index in [1.54, 1.807) is 7.11 Å². The number of ether oxygens (including phenoxy) is 1. The molecule has 0 saturated carbocycles. The summed E-state index contributed by atoms with van der Waals surface area (Å²) in [5, 5.41) is 0. The van der Waals surface area contributed by atoms with Gasteiger partial charge in [-0.1, -0.05) is 6.07 Å². The lowest BCUT2D eigenvalue weighted by Crippen LogP contribution is -2.07. The SMILES string of the molecule is COc1ccc(C)c2c1CC[C@H]2N. The molecule has 0 spiro atoms. The van der Waals surface area contributed by atoms with Gasteiger partial charge in [0.1, 0.15) is 5.75 Å². The maximum Gasteiger partial charge on any atom is 0.122 e. The number of aryl methyl sites for hydroxylation is 1. The van der Waals surface area contributed by atoms with E-state index in [4.69, 9.17) is 10.5 Å². The maximum atomic E-state index is 6.02. The summed E-state index contributed by atoms with van der Waals surface area (Å²) in [4.78, 5) is 0. The van der Waals surface area contributed by atoms with Gasteiger partial charge in [-0.2, -0.15) is 0 Å². The van der Waals surface area contributed by atoms with Crippen LogP contribution in [0.25, 0.3) is 0 Å². The van der Waals surface area contributed by atoms with Crippen molar-refractivity contribution in [2.45, 2.75) is 25.8 Å². The van der Waals surface area contributed by atoms with E-state index in [1.165, 1.54) is 16.7 Å². The molecule has 0 aromatic heterocycles. The number of rotatable bonds is 1. The first-order valence-electron chi connectivity index (χ1n) is 4.66. The molecule has 0 aliphatic heterocycles. The van der Waals surface area contributed by atoms with Gasteiger partial charge in [0.2, 0.25) is 0 Å². The summed E-state index contributed by atoms with van der Waals surface area (Å²) in [6, 6.07) is 4.33. The predicted octanol–water partition coefficient (Wildman–Crippen LogP) is 1.95. The molecule has 1 aromatic rings. The Kier molecular flexibility index (Phi) is 2.00. The first kappa shape index (κ1) is 8.57. The van der Waals surface area contributed by atoms with Crippen molar-refractivity contribution in [2.24, 2.45) is 5.73 Å². The van der Waals surface area contributed by atoms with Gasteiger partial charge in [0.05, 0.1) is 7.11 Å². The van der Waals surface area contributed by atoms with Crippen LogP contribution in [0.5, 0.6) is 5.75 Å². The second kappa shape index (κ2) is 3.04. The van der Waals surface area contributed by atoms with Crippen molar-refractivity contribution in [1.82, 2.24) is 0 Å². The molecule has 0 saturated heterocycles. The predicted molar refractivity (Wildman–Crippen MR) is 53.0 cm³/mol. The topological polar surface area (TPSA) is 35.2 Å². The Labute approximate surface area is 78.7 Å². The van der Waals surface area contributed by atoms with Gasteiger partial charge in [-0.15, -0.1) is 0 Å². The number of fused-ring (bicyclic) bond motifs is 1. The number of nitrogens with two attached hydrogens (primary N) is 1. The van der Waals surface area contributed by atoms with Gasteiger partial charge in [0, 0.05) is 6.04 Å². The van der Waals surface area contributed by atoms with Crippen molar-refractivity contribution >= 4 is 0 Å². The molecule has 1 aliphatic rings. The second-order valence-electron chi connectivity index (χ2n) is 3.62. The summed E-state index contributed by atoms with van der Waals surface area (Å²) in [6.45, 7) is 2.11. The molecular weight excluding hydrogens is 162 g/mol. The van der Waals surface area contributed by atoms with E-state index in [0.29, 0.717) is 0 Å². The second-order valence-corrected chi connectivity index (χ2v) is 3.62. The first-order valence-corrected chi connectivity index (χ1v) is 4.66. The molecule has 0 radical (unpaired) electrons. The lowest BCUT2D eigenvalue weighted by Gasteiger charge is -2.11. The largest absolute Gasteiger partial charge is 0.496 e. The Hall–Kier alpha value is -1.02. The molecule has 13 heavy (non-hydrogen) atoms. The summed E-state index contributed by atoms with van der Waals surface area (Å²) in [6.07, 6.45) is 2.11. The van der Waals surface area contributed by atoms with E-state index in [9.17, 15) is 0 Å². The van der Waals surface area contributed by atoms with E-state index in [-0.39, 0.29) is 6.04 Å². The van der Waals surface area contributed by atoms with Crippen LogP contribution in [-0.2, 0) is 6.42 Å². The molecule has 2 rings (SSSR count). The maximum absolute atomic E-state index is 6.02. The zero-order chi connectivity index (χ0) is 9.42. The van der Waals surface area contributed by atoms with Gasteiger partial charge in [-0.3, -0.25) is 0 Å². The monoisotopic (exact) mass is 177 g/mol. The van der Waals surface area contributed by atoms with Gasteiger partial charge in [0.15, 0.2) is 0 Å². The summed E-state index contributed by atoms with van der Waals surface area (Å²) < 4.78 is 5.30. The molecule has 70 valence electrons. The molecule has 1 aliphatic carbocycles. The first-order chi connectivity index (χ1) is 6.24. The summed E-state index contributed by atoms with van der Waals surface area (Å²) in [7, 11) is 1.72. The Morgan fingerprint density at radius 2 is 2.23 bits per heavy atom.